The van der Waals surface area contributed by atoms with E-state index in [1.54, 1.807) is 13.8 Å². The molecule has 1 aliphatic heterocycles. The van der Waals surface area contributed by atoms with Crippen LogP contribution in [0.3, 0.4) is 0 Å². The zero-order valence-electron chi connectivity index (χ0n) is 12.4. The van der Waals surface area contributed by atoms with Crippen LogP contribution in [0.1, 0.15) is 13.8 Å². The van der Waals surface area contributed by atoms with Gasteiger partial charge in [-0.3, -0.25) is 14.3 Å². The molecule has 122 valence electrons. The molecule has 1 aromatic heterocycles. The largest absolute Gasteiger partial charge is 0.433 e. The van der Waals surface area contributed by atoms with E-state index in [2.05, 4.69) is 0 Å². The highest BCUT2D eigenvalue weighted by Crippen LogP contribution is 2.31. The van der Waals surface area contributed by atoms with Crippen molar-refractivity contribution in [1.82, 2.24) is 4.57 Å². The number of carbonyl (C=O) groups is 2. The summed E-state index contributed by atoms with van der Waals surface area (Å²) in [6, 6.07) is 1.73. The minimum absolute atomic E-state index is 0.00868. The summed E-state index contributed by atoms with van der Waals surface area (Å²) >= 11 is 0. The second kappa shape index (κ2) is 5.11. The molecule has 0 bridgehead atoms. The summed E-state index contributed by atoms with van der Waals surface area (Å²) < 4.78 is 25.4. The normalized spacial score (nSPS) is 21.0. The van der Waals surface area contributed by atoms with E-state index in [9.17, 15) is 18.8 Å². The van der Waals surface area contributed by atoms with Gasteiger partial charge in [-0.05, 0) is 13.8 Å². The van der Waals surface area contributed by atoms with Crippen molar-refractivity contribution in [3.8, 4) is 0 Å². The molecule has 1 aliphatic rings. The van der Waals surface area contributed by atoms with E-state index >= 15 is 0 Å². The predicted molar refractivity (Wildman–Crippen MR) is 77.5 cm³/mol. The Labute approximate surface area is 129 Å². The summed E-state index contributed by atoms with van der Waals surface area (Å²) in [5, 5.41) is 0. The Morgan fingerprint density at radius 3 is 2.65 bits per heavy atom. The van der Waals surface area contributed by atoms with Gasteiger partial charge in [0.15, 0.2) is 11.4 Å². The van der Waals surface area contributed by atoms with Crippen LogP contribution in [-0.2, 0) is 16.1 Å². The number of ether oxygens (including phenoxy) is 1. The molecule has 1 aromatic carbocycles. The number of benzene rings is 1. The average molecular weight is 323 g/mol. The Morgan fingerprint density at radius 1 is 1.39 bits per heavy atom. The van der Waals surface area contributed by atoms with Crippen LogP contribution in [0.2, 0.25) is 0 Å². The first kappa shape index (κ1) is 15.1. The molecule has 2 amide bonds. The van der Waals surface area contributed by atoms with Crippen LogP contribution < -0.4 is 16.4 Å². The zero-order valence-corrected chi connectivity index (χ0v) is 12.4. The molecule has 1 unspecified atom stereocenters. The van der Waals surface area contributed by atoms with E-state index < -0.39 is 35.7 Å². The van der Waals surface area contributed by atoms with Crippen LogP contribution in [-0.4, -0.2) is 28.7 Å². The lowest BCUT2D eigenvalue weighted by molar-refractivity contribution is -0.125. The molecule has 0 spiro atoms. The van der Waals surface area contributed by atoms with Gasteiger partial charge in [-0.1, -0.05) is 0 Å². The van der Waals surface area contributed by atoms with Gasteiger partial charge in [0.2, 0.25) is 6.10 Å². The van der Waals surface area contributed by atoms with Crippen molar-refractivity contribution in [2.24, 2.45) is 5.73 Å². The first-order valence-corrected chi connectivity index (χ1v) is 6.97. The maximum atomic E-state index is 14.4. The maximum Gasteiger partial charge on any atom is 0.420 e. The molecule has 8 nitrogen and oxygen atoms in total. The molecule has 23 heavy (non-hydrogen) atoms. The molecule has 0 aliphatic carbocycles. The Morgan fingerprint density at radius 2 is 2.09 bits per heavy atom. The van der Waals surface area contributed by atoms with Crippen molar-refractivity contribution in [3.05, 3.63) is 28.5 Å². The van der Waals surface area contributed by atoms with Crippen LogP contribution in [0.15, 0.2) is 21.3 Å². The second-order valence-electron chi connectivity index (χ2n) is 5.20. The van der Waals surface area contributed by atoms with E-state index in [1.165, 1.54) is 6.07 Å². The Bertz CT molecular complexity index is 871. The standard InChI is InChI=1S/C14H14FN3O5/c1-3-17-10-8(15)4-7(5-9(10)22-13(17)20)18-6(2)11(12(16)19)23-14(18)21/h4-6,11H,3H2,1-2H3,(H2,16,19)/t6?,11-/m1/s1. The number of carbonyl (C=O) groups excluding carboxylic acids is 2. The lowest BCUT2D eigenvalue weighted by atomic mass is 10.1. The summed E-state index contributed by atoms with van der Waals surface area (Å²) in [4.78, 5) is 36.0. The van der Waals surface area contributed by atoms with Gasteiger partial charge >= 0.3 is 11.8 Å². The van der Waals surface area contributed by atoms with E-state index in [0.717, 1.165) is 15.5 Å². The minimum atomic E-state index is -1.13. The van der Waals surface area contributed by atoms with Crippen LogP contribution in [0, 0.1) is 5.82 Å². The van der Waals surface area contributed by atoms with Gasteiger partial charge in [-0.2, -0.15) is 0 Å². The van der Waals surface area contributed by atoms with Crippen LogP contribution >= 0.6 is 0 Å². The first-order chi connectivity index (χ1) is 10.8. The number of anilines is 1. The fraction of sp³-hybridized carbons (Fsp3) is 0.357. The number of cyclic esters (lactones) is 1. The monoisotopic (exact) mass is 323 g/mol. The molecule has 9 heteroatoms. The lowest BCUT2D eigenvalue weighted by Gasteiger charge is -2.19. The SMILES string of the molecule is CCn1c(=O)oc2cc(N3C(=O)O[C@@H](C(N)=O)C3C)cc(F)c21. The highest BCUT2D eigenvalue weighted by atomic mass is 19.1. The van der Waals surface area contributed by atoms with Gasteiger partial charge in [-0.25, -0.2) is 14.0 Å². The van der Waals surface area contributed by atoms with E-state index in [4.69, 9.17) is 14.9 Å². The van der Waals surface area contributed by atoms with Gasteiger partial charge in [0.25, 0.3) is 5.91 Å². The van der Waals surface area contributed by atoms with Crippen LogP contribution in [0.5, 0.6) is 0 Å². The molecule has 1 saturated heterocycles. The van der Waals surface area contributed by atoms with Gasteiger partial charge < -0.3 is 14.9 Å². The second-order valence-corrected chi connectivity index (χ2v) is 5.20. The lowest BCUT2D eigenvalue weighted by Crippen LogP contribution is -2.40. The van der Waals surface area contributed by atoms with Gasteiger partial charge in [0, 0.05) is 18.7 Å². The number of oxazole rings is 1. The maximum absolute atomic E-state index is 14.4. The zero-order chi connectivity index (χ0) is 16.9. The molecule has 2 aromatic rings. The van der Waals surface area contributed by atoms with Crippen molar-refractivity contribution in [1.29, 1.82) is 0 Å². The summed E-state index contributed by atoms with van der Waals surface area (Å²) in [5.74, 6) is -2.20. The van der Waals surface area contributed by atoms with Crippen molar-refractivity contribution >= 4 is 28.8 Å². The Hall–Kier alpha value is -2.84. The predicted octanol–water partition coefficient (Wildman–Crippen LogP) is 0.953. The summed E-state index contributed by atoms with van der Waals surface area (Å²) in [5.41, 5.74) is 5.32. The summed E-state index contributed by atoms with van der Waals surface area (Å²) in [7, 11) is 0. The Kier molecular flexibility index (Phi) is 3.35. The molecule has 2 heterocycles. The quantitative estimate of drug-likeness (QED) is 0.905. The van der Waals surface area contributed by atoms with E-state index in [-0.39, 0.29) is 23.3 Å². The molecule has 0 radical (unpaired) electrons. The molecular formula is C14H14FN3O5. The number of aromatic nitrogens is 1. The van der Waals surface area contributed by atoms with Crippen LogP contribution in [0.4, 0.5) is 14.9 Å². The molecule has 1 fully saturated rings. The van der Waals surface area contributed by atoms with E-state index in [1.807, 2.05) is 0 Å². The number of amides is 2. The third-order valence-electron chi connectivity index (χ3n) is 3.85. The molecule has 2 N–H and O–H groups in total. The highest BCUT2D eigenvalue weighted by Gasteiger charge is 2.43. The number of halogens is 1. The van der Waals surface area contributed by atoms with Crippen molar-refractivity contribution < 1.29 is 23.1 Å². The number of hydrogen-bond acceptors (Lipinski definition) is 5. The smallest absolute Gasteiger partial charge is 0.420 e. The number of rotatable bonds is 3. The Balaban J connectivity index is 2.13. The van der Waals surface area contributed by atoms with Crippen LogP contribution in [0.25, 0.3) is 11.1 Å². The first-order valence-electron chi connectivity index (χ1n) is 6.97. The molecule has 3 rings (SSSR count). The van der Waals surface area contributed by atoms with Gasteiger partial charge in [0.1, 0.15) is 5.52 Å². The van der Waals surface area contributed by atoms with Gasteiger partial charge in [-0.15, -0.1) is 0 Å². The number of aryl methyl sites for hydroxylation is 1. The molecule has 2 atom stereocenters. The fourth-order valence-corrected chi connectivity index (χ4v) is 2.77. The number of nitrogens with zero attached hydrogens (tertiary/aromatic N) is 2. The topological polar surface area (TPSA) is 108 Å². The van der Waals surface area contributed by atoms with Gasteiger partial charge in [0.05, 0.1) is 11.7 Å². The average Bonchev–Trinajstić information content (AvgIpc) is 2.95. The summed E-state index contributed by atoms with van der Waals surface area (Å²) in [6.07, 6.45) is -1.95. The summed E-state index contributed by atoms with van der Waals surface area (Å²) in [6.45, 7) is 3.48. The van der Waals surface area contributed by atoms with Crippen molar-refractivity contribution in [3.63, 3.8) is 0 Å². The van der Waals surface area contributed by atoms with Crippen molar-refractivity contribution in [2.45, 2.75) is 32.5 Å². The number of nitrogens with two attached hydrogens (primary N) is 1. The van der Waals surface area contributed by atoms with E-state index in [0.29, 0.717) is 0 Å². The van der Waals surface area contributed by atoms with Crippen molar-refractivity contribution in [2.75, 3.05) is 4.90 Å². The number of fused-ring (bicyclic) bond motifs is 1. The third-order valence-corrected chi connectivity index (χ3v) is 3.85. The molecule has 0 saturated carbocycles. The highest BCUT2D eigenvalue weighted by molar-refractivity contribution is 5.97. The fourth-order valence-electron chi connectivity index (χ4n) is 2.77. The third kappa shape index (κ3) is 2.16. The number of primary amides is 1. The molecular weight excluding hydrogens is 309 g/mol. The minimum Gasteiger partial charge on any atom is -0.433 e. The number of hydrogen-bond donors (Lipinski definition) is 1.